The van der Waals surface area contributed by atoms with Crippen LogP contribution in [0, 0.1) is 0 Å². The zero-order chi connectivity index (χ0) is 13.6. The molecule has 19 heavy (non-hydrogen) atoms. The number of benzene rings is 1. The minimum Gasteiger partial charge on any atom is -0.478 e. The Morgan fingerprint density at radius 3 is 2.68 bits per heavy atom. The molecule has 4 nitrogen and oxygen atoms in total. The molecule has 1 aromatic carbocycles. The van der Waals surface area contributed by atoms with Crippen molar-refractivity contribution < 1.29 is 9.90 Å². The number of aromatic carboxylic acids is 1. The molecule has 1 N–H and O–H groups in total. The number of halogens is 2. The van der Waals surface area contributed by atoms with Crippen LogP contribution in [0.4, 0.5) is 0 Å². The normalized spacial score (nSPS) is 14.6. The molecule has 0 atom stereocenters. The Morgan fingerprint density at radius 2 is 2.11 bits per heavy atom. The van der Waals surface area contributed by atoms with Gasteiger partial charge >= 0.3 is 5.97 Å². The number of carboxylic acids is 1. The SMILES string of the molecule is O=C(O)c1c(C2CC2)nn(-c2cccc(Cl)c2)c1Cl. The van der Waals surface area contributed by atoms with Crippen molar-refractivity contribution in [1.29, 1.82) is 0 Å². The van der Waals surface area contributed by atoms with E-state index in [2.05, 4.69) is 5.10 Å². The molecule has 0 spiro atoms. The minimum absolute atomic E-state index is 0.101. The summed E-state index contributed by atoms with van der Waals surface area (Å²) < 4.78 is 1.44. The molecule has 6 heteroatoms. The minimum atomic E-state index is -1.04. The third kappa shape index (κ3) is 2.22. The van der Waals surface area contributed by atoms with E-state index in [1.165, 1.54) is 4.68 Å². The van der Waals surface area contributed by atoms with Crippen molar-refractivity contribution in [2.75, 3.05) is 0 Å². The lowest BCUT2D eigenvalue weighted by atomic mass is 10.2. The van der Waals surface area contributed by atoms with Gasteiger partial charge in [0.1, 0.15) is 10.7 Å². The maximum absolute atomic E-state index is 11.3. The van der Waals surface area contributed by atoms with Crippen molar-refractivity contribution >= 4 is 29.2 Å². The fourth-order valence-electron chi connectivity index (χ4n) is 2.03. The predicted molar refractivity (Wildman–Crippen MR) is 72.5 cm³/mol. The van der Waals surface area contributed by atoms with E-state index in [1.807, 2.05) is 0 Å². The van der Waals surface area contributed by atoms with Crippen molar-refractivity contribution in [3.63, 3.8) is 0 Å². The summed E-state index contributed by atoms with van der Waals surface area (Å²) >= 11 is 12.1. The number of aromatic nitrogens is 2. The largest absolute Gasteiger partial charge is 0.478 e. The lowest BCUT2D eigenvalue weighted by Crippen LogP contribution is -1.99. The second-order valence-electron chi connectivity index (χ2n) is 4.52. The molecule has 1 saturated carbocycles. The Morgan fingerprint density at radius 1 is 1.37 bits per heavy atom. The molecule has 1 aliphatic carbocycles. The van der Waals surface area contributed by atoms with E-state index in [0.717, 1.165) is 12.8 Å². The fraction of sp³-hybridized carbons (Fsp3) is 0.231. The molecule has 2 aromatic rings. The molecule has 3 rings (SSSR count). The van der Waals surface area contributed by atoms with Crippen LogP contribution in [0.3, 0.4) is 0 Å². The summed E-state index contributed by atoms with van der Waals surface area (Å²) in [6.07, 6.45) is 1.92. The molecule has 0 unspecified atom stereocenters. The lowest BCUT2D eigenvalue weighted by molar-refractivity contribution is 0.0696. The third-order valence-electron chi connectivity index (χ3n) is 3.09. The van der Waals surface area contributed by atoms with Crippen molar-refractivity contribution in [1.82, 2.24) is 9.78 Å². The summed E-state index contributed by atoms with van der Waals surface area (Å²) in [7, 11) is 0. The number of rotatable bonds is 3. The van der Waals surface area contributed by atoms with Crippen LogP contribution < -0.4 is 0 Å². The molecule has 1 fully saturated rings. The summed E-state index contributed by atoms with van der Waals surface area (Å²) in [6, 6.07) is 6.99. The molecule has 0 saturated heterocycles. The maximum atomic E-state index is 11.3. The molecule has 0 aliphatic heterocycles. The van der Waals surface area contributed by atoms with E-state index in [1.54, 1.807) is 24.3 Å². The van der Waals surface area contributed by atoms with Crippen LogP contribution in [0.15, 0.2) is 24.3 Å². The number of carboxylic acid groups (broad SMARTS) is 1. The highest BCUT2D eigenvalue weighted by atomic mass is 35.5. The molecule has 0 bridgehead atoms. The quantitative estimate of drug-likeness (QED) is 0.938. The average molecular weight is 297 g/mol. The fourth-order valence-corrected chi connectivity index (χ4v) is 2.53. The first-order valence-corrected chi connectivity index (χ1v) is 6.61. The molecular weight excluding hydrogens is 287 g/mol. The van der Waals surface area contributed by atoms with Gasteiger partial charge in [0.15, 0.2) is 0 Å². The smallest absolute Gasteiger partial charge is 0.340 e. The van der Waals surface area contributed by atoms with E-state index < -0.39 is 5.97 Å². The number of hydrogen-bond acceptors (Lipinski definition) is 2. The molecule has 1 aliphatic rings. The van der Waals surface area contributed by atoms with E-state index >= 15 is 0 Å². The maximum Gasteiger partial charge on any atom is 0.340 e. The Labute approximate surface area is 119 Å². The van der Waals surface area contributed by atoms with Gasteiger partial charge in [-0.15, -0.1) is 0 Å². The van der Waals surface area contributed by atoms with Gasteiger partial charge < -0.3 is 5.11 Å². The van der Waals surface area contributed by atoms with Crippen LogP contribution in [0.5, 0.6) is 0 Å². The Hall–Kier alpha value is -1.52. The van der Waals surface area contributed by atoms with Crippen LogP contribution in [-0.2, 0) is 0 Å². The Kier molecular flexibility index (Phi) is 2.99. The van der Waals surface area contributed by atoms with Crippen LogP contribution in [0.25, 0.3) is 5.69 Å². The van der Waals surface area contributed by atoms with Gasteiger partial charge in [-0.1, -0.05) is 29.3 Å². The Bertz CT molecular complexity index is 663. The number of nitrogens with zero attached hydrogens (tertiary/aromatic N) is 2. The van der Waals surface area contributed by atoms with E-state index in [-0.39, 0.29) is 16.6 Å². The predicted octanol–water partition coefficient (Wildman–Crippen LogP) is 3.75. The summed E-state index contributed by atoms with van der Waals surface area (Å²) in [5.41, 5.74) is 1.33. The summed E-state index contributed by atoms with van der Waals surface area (Å²) in [6.45, 7) is 0. The summed E-state index contributed by atoms with van der Waals surface area (Å²) in [4.78, 5) is 11.3. The van der Waals surface area contributed by atoms with Gasteiger partial charge in [-0.25, -0.2) is 9.48 Å². The average Bonchev–Trinajstić information content (AvgIpc) is 3.13. The highest BCUT2D eigenvalue weighted by Crippen LogP contribution is 2.43. The van der Waals surface area contributed by atoms with Gasteiger partial charge in [0.05, 0.1) is 11.4 Å². The molecule has 1 aromatic heterocycles. The van der Waals surface area contributed by atoms with Crippen molar-refractivity contribution in [2.45, 2.75) is 18.8 Å². The van der Waals surface area contributed by atoms with Crippen molar-refractivity contribution in [2.24, 2.45) is 0 Å². The zero-order valence-electron chi connectivity index (χ0n) is 9.81. The van der Waals surface area contributed by atoms with Crippen molar-refractivity contribution in [3.05, 3.63) is 45.7 Å². The van der Waals surface area contributed by atoms with Gasteiger partial charge in [0, 0.05) is 10.9 Å². The van der Waals surface area contributed by atoms with Gasteiger partial charge in [-0.05, 0) is 31.0 Å². The van der Waals surface area contributed by atoms with E-state index in [9.17, 15) is 9.90 Å². The second kappa shape index (κ2) is 4.54. The van der Waals surface area contributed by atoms with Crippen molar-refractivity contribution in [3.8, 4) is 5.69 Å². The van der Waals surface area contributed by atoms with Crippen LogP contribution in [-0.4, -0.2) is 20.9 Å². The van der Waals surface area contributed by atoms with Gasteiger partial charge in [-0.3, -0.25) is 0 Å². The molecule has 98 valence electrons. The van der Waals surface area contributed by atoms with Gasteiger partial charge in [-0.2, -0.15) is 5.10 Å². The second-order valence-corrected chi connectivity index (χ2v) is 5.32. The molecule has 1 heterocycles. The topological polar surface area (TPSA) is 55.1 Å². The Balaban J connectivity index is 2.17. The number of carbonyl (C=O) groups is 1. The van der Waals surface area contributed by atoms with Crippen LogP contribution in [0.2, 0.25) is 10.2 Å². The first kappa shape index (κ1) is 12.5. The first-order valence-electron chi connectivity index (χ1n) is 5.85. The highest BCUT2D eigenvalue weighted by Gasteiger charge is 2.34. The summed E-state index contributed by atoms with van der Waals surface area (Å²) in [5.74, 6) is -0.829. The van der Waals surface area contributed by atoms with E-state index in [4.69, 9.17) is 23.2 Å². The summed E-state index contributed by atoms with van der Waals surface area (Å²) in [5, 5.41) is 14.3. The lowest BCUT2D eigenvalue weighted by Gasteiger charge is -2.03. The molecule has 0 radical (unpaired) electrons. The standard InChI is InChI=1S/C13H10Cl2N2O2/c14-8-2-1-3-9(6-8)17-12(15)10(13(18)19)11(16-17)7-4-5-7/h1-3,6-7H,4-5H2,(H,18,19). The van der Waals surface area contributed by atoms with Gasteiger partial charge in [0.25, 0.3) is 0 Å². The van der Waals surface area contributed by atoms with Crippen LogP contribution >= 0.6 is 23.2 Å². The van der Waals surface area contributed by atoms with Gasteiger partial charge in [0.2, 0.25) is 0 Å². The number of hydrogen-bond donors (Lipinski definition) is 1. The first-order chi connectivity index (χ1) is 9.08. The monoisotopic (exact) mass is 296 g/mol. The zero-order valence-corrected chi connectivity index (χ0v) is 11.3. The molecule has 0 amide bonds. The van der Waals surface area contributed by atoms with E-state index in [0.29, 0.717) is 16.4 Å². The highest BCUT2D eigenvalue weighted by molar-refractivity contribution is 6.33. The third-order valence-corrected chi connectivity index (χ3v) is 3.67. The molecular formula is C13H10Cl2N2O2. The van der Waals surface area contributed by atoms with Crippen LogP contribution in [0.1, 0.15) is 34.8 Å².